The lowest BCUT2D eigenvalue weighted by Gasteiger charge is -2.39. The Morgan fingerprint density at radius 3 is 1.91 bits per heavy atom. The molecule has 1 heterocycles. The number of hydrogen-bond acceptors (Lipinski definition) is 14. The van der Waals surface area contributed by atoms with Crippen LogP contribution in [-0.2, 0) is 53.4 Å². The summed E-state index contributed by atoms with van der Waals surface area (Å²) in [4.78, 5) is 80.2. The van der Waals surface area contributed by atoms with Gasteiger partial charge in [-0.25, -0.2) is 19.3 Å². The second-order valence-corrected chi connectivity index (χ2v) is 6.31. The molecule has 0 fully saturated rings. The molecule has 0 bridgehead atoms. The zero-order valence-corrected chi connectivity index (χ0v) is 19.0. The molecule has 2 unspecified atom stereocenters. The Hall–Kier alpha value is -3.30. The van der Waals surface area contributed by atoms with Gasteiger partial charge in [-0.2, -0.15) is 14.8 Å². The van der Waals surface area contributed by atoms with E-state index in [2.05, 4.69) is 29.6 Å². The van der Waals surface area contributed by atoms with Gasteiger partial charge in [-0.3, -0.25) is 9.78 Å². The maximum atomic E-state index is 12.2. The summed E-state index contributed by atoms with van der Waals surface area (Å²) in [5.74, 6) is -2.82. The molecule has 0 aromatic rings. The topological polar surface area (TPSA) is 144 Å². The number of carbonyl (C=O) groups excluding carboxylic acids is 3. The maximum absolute atomic E-state index is 12.2. The minimum atomic E-state index is -1.74. The molecule has 0 saturated heterocycles. The number of rotatable bonds is 12. The van der Waals surface area contributed by atoms with Gasteiger partial charge in [0.2, 0.25) is 0 Å². The molecule has 1 aliphatic heterocycles. The van der Waals surface area contributed by atoms with Crippen LogP contribution >= 0.6 is 0 Å². The number of nitrogens with zero attached hydrogens (tertiary/aromatic N) is 3. The highest BCUT2D eigenvalue weighted by Gasteiger charge is 2.48. The minimum absolute atomic E-state index is 0.000150. The van der Waals surface area contributed by atoms with Gasteiger partial charge in [0.05, 0.1) is 13.2 Å². The van der Waals surface area contributed by atoms with Gasteiger partial charge in [0.25, 0.3) is 12.7 Å². The van der Waals surface area contributed by atoms with Gasteiger partial charge < -0.3 is 9.68 Å². The van der Waals surface area contributed by atoms with Crippen molar-refractivity contribution in [1.29, 1.82) is 0 Å². The number of hydrogen-bond donors (Lipinski definition) is 0. The molecule has 1 aliphatic rings. The minimum Gasteiger partial charge on any atom is -0.355 e. The number of amidine groups is 1. The van der Waals surface area contributed by atoms with Crippen molar-refractivity contribution in [2.24, 2.45) is 4.99 Å². The van der Waals surface area contributed by atoms with Crippen LogP contribution in [0.15, 0.2) is 41.4 Å². The molecule has 0 aliphatic carbocycles. The van der Waals surface area contributed by atoms with E-state index in [1.54, 1.807) is 13.8 Å². The van der Waals surface area contributed by atoms with Gasteiger partial charge in [-0.05, 0) is 39.7 Å². The van der Waals surface area contributed by atoms with E-state index in [0.29, 0.717) is 10.1 Å². The summed E-state index contributed by atoms with van der Waals surface area (Å²) in [6.45, 7) is 17.8. The van der Waals surface area contributed by atoms with Crippen LogP contribution in [0.5, 0.6) is 0 Å². The average molecular weight is 473 g/mol. The highest BCUT2D eigenvalue weighted by atomic mass is 17.2. The van der Waals surface area contributed by atoms with E-state index in [4.69, 9.17) is 34.1 Å². The molecule has 14 nitrogen and oxygen atoms in total. The second-order valence-electron chi connectivity index (χ2n) is 6.31. The lowest BCUT2D eigenvalue weighted by molar-refractivity contribution is -0.480. The van der Waals surface area contributed by atoms with Crippen LogP contribution in [0.1, 0.15) is 34.6 Å². The SMILES string of the molecule is C=C(C)C(=O)OOC1N=C(OOCC)N(OC(=O)C(=C)C)C(OOCC)N1OC(=O)C(=C)C. The van der Waals surface area contributed by atoms with E-state index >= 15 is 0 Å². The number of hydroxylamine groups is 4. The zero-order chi connectivity index (χ0) is 25.1. The van der Waals surface area contributed by atoms with Crippen molar-refractivity contribution in [2.75, 3.05) is 13.2 Å². The monoisotopic (exact) mass is 473 g/mol. The lowest BCUT2D eigenvalue weighted by atomic mass is 10.4. The first-order valence-electron chi connectivity index (χ1n) is 9.55. The Morgan fingerprint density at radius 2 is 1.39 bits per heavy atom. The van der Waals surface area contributed by atoms with E-state index in [1.165, 1.54) is 20.8 Å². The third-order valence-electron chi connectivity index (χ3n) is 3.19. The Kier molecular flexibility index (Phi) is 11.2. The largest absolute Gasteiger partial charge is 0.368 e. The van der Waals surface area contributed by atoms with Gasteiger partial charge >= 0.3 is 23.9 Å². The van der Waals surface area contributed by atoms with Crippen molar-refractivity contribution in [3.05, 3.63) is 36.5 Å². The summed E-state index contributed by atoms with van der Waals surface area (Å²) < 4.78 is 0. The third-order valence-corrected chi connectivity index (χ3v) is 3.19. The van der Waals surface area contributed by atoms with Crippen molar-refractivity contribution >= 4 is 23.9 Å². The normalized spacial score (nSPS) is 18.1. The Morgan fingerprint density at radius 1 is 0.848 bits per heavy atom. The molecule has 0 aromatic carbocycles. The molecular formula is C19H27N3O11. The molecule has 1 rings (SSSR count). The fourth-order valence-corrected chi connectivity index (χ4v) is 1.63. The fourth-order valence-electron chi connectivity index (χ4n) is 1.63. The molecule has 0 aromatic heterocycles. The molecule has 14 heteroatoms. The van der Waals surface area contributed by atoms with Gasteiger partial charge in [-0.1, -0.05) is 19.7 Å². The molecule has 0 radical (unpaired) electrons. The van der Waals surface area contributed by atoms with Gasteiger partial charge in [0, 0.05) is 16.7 Å². The summed E-state index contributed by atoms with van der Waals surface area (Å²) >= 11 is 0. The molecule has 0 saturated carbocycles. The van der Waals surface area contributed by atoms with E-state index in [0.717, 1.165) is 0 Å². The van der Waals surface area contributed by atoms with Crippen molar-refractivity contribution in [3.8, 4) is 0 Å². The molecule has 0 amide bonds. The second kappa shape index (κ2) is 13.3. The summed E-state index contributed by atoms with van der Waals surface area (Å²) in [5.41, 5.74) is -0.0148. The van der Waals surface area contributed by atoms with Crippen LogP contribution in [0, 0.1) is 0 Å². The van der Waals surface area contributed by atoms with Crippen LogP contribution in [0.25, 0.3) is 0 Å². The molecule has 0 N–H and O–H groups in total. The average Bonchev–Trinajstić information content (AvgIpc) is 2.76. The van der Waals surface area contributed by atoms with Crippen LogP contribution < -0.4 is 0 Å². The van der Waals surface area contributed by atoms with Crippen molar-refractivity contribution in [2.45, 2.75) is 47.3 Å². The van der Waals surface area contributed by atoms with Crippen LogP contribution in [0.3, 0.4) is 0 Å². The highest BCUT2D eigenvalue weighted by molar-refractivity contribution is 5.88. The van der Waals surface area contributed by atoms with Crippen molar-refractivity contribution in [1.82, 2.24) is 10.1 Å². The summed E-state index contributed by atoms with van der Waals surface area (Å²) in [6, 6.07) is -0.546. The highest BCUT2D eigenvalue weighted by Crippen LogP contribution is 2.25. The first-order valence-corrected chi connectivity index (χ1v) is 9.55. The summed E-state index contributed by atoms with van der Waals surface area (Å²) in [6.07, 6.45) is -3.46. The van der Waals surface area contributed by atoms with Gasteiger partial charge in [0.15, 0.2) is 0 Å². The quantitative estimate of drug-likeness (QED) is 0.230. The Labute approximate surface area is 190 Å². The maximum Gasteiger partial charge on any atom is 0.368 e. The zero-order valence-electron chi connectivity index (χ0n) is 19.0. The van der Waals surface area contributed by atoms with Crippen molar-refractivity contribution in [3.63, 3.8) is 0 Å². The van der Waals surface area contributed by atoms with E-state index in [9.17, 15) is 14.4 Å². The summed E-state index contributed by atoms with van der Waals surface area (Å²) in [7, 11) is 0. The third kappa shape index (κ3) is 8.28. The number of aliphatic imine (C=N–C) groups is 1. The standard InChI is InChI=1S/C19H27N3O11/c1-9-26-31-17-20-18(32-30-16(25)13(7)8)22(29-15(24)12(5)6)19(33-27-10-2)21(17)28-14(23)11(3)4/h18-19H,3,5,7,9-10H2,1-2,4,6,8H3. The summed E-state index contributed by atoms with van der Waals surface area (Å²) in [5, 5.41) is 1.23. The fraction of sp³-hybridized carbons (Fsp3) is 0.474. The molecular weight excluding hydrogens is 446 g/mol. The van der Waals surface area contributed by atoms with E-state index < -0.39 is 36.6 Å². The lowest BCUT2D eigenvalue weighted by Crippen LogP contribution is -2.61. The van der Waals surface area contributed by atoms with Gasteiger partial charge in [-0.15, -0.1) is 9.95 Å². The first kappa shape index (κ1) is 27.7. The predicted octanol–water partition coefficient (Wildman–Crippen LogP) is 1.58. The van der Waals surface area contributed by atoms with Crippen LogP contribution in [0.4, 0.5) is 0 Å². The van der Waals surface area contributed by atoms with Crippen LogP contribution in [0.2, 0.25) is 0 Å². The van der Waals surface area contributed by atoms with E-state index in [1.807, 2.05) is 0 Å². The molecule has 184 valence electrons. The van der Waals surface area contributed by atoms with E-state index in [-0.39, 0.29) is 29.9 Å². The predicted molar refractivity (Wildman–Crippen MR) is 108 cm³/mol. The molecule has 33 heavy (non-hydrogen) atoms. The smallest absolute Gasteiger partial charge is 0.355 e. The number of carbonyl (C=O) groups is 3. The van der Waals surface area contributed by atoms with Crippen molar-refractivity contribution < 1.29 is 53.4 Å². The Balaban J connectivity index is 3.47. The van der Waals surface area contributed by atoms with Crippen LogP contribution in [-0.4, -0.2) is 60.0 Å². The Bertz CT molecular complexity index is 811. The first-order chi connectivity index (χ1) is 15.5. The molecule has 2 atom stereocenters. The molecule has 0 spiro atoms. The van der Waals surface area contributed by atoms with Gasteiger partial charge in [0.1, 0.15) is 0 Å².